The zero-order valence-corrected chi connectivity index (χ0v) is 12.6. The van der Waals surface area contributed by atoms with Crippen LogP contribution in [0, 0.1) is 0 Å². The molecule has 0 saturated carbocycles. The zero-order chi connectivity index (χ0) is 15.2. The summed E-state index contributed by atoms with van der Waals surface area (Å²) in [6, 6.07) is 3.47. The molecule has 0 aromatic carbocycles. The smallest absolute Gasteiger partial charge is 0.322 e. The molecule has 0 unspecified atom stereocenters. The van der Waals surface area contributed by atoms with E-state index in [4.69, 9.17) is 4.74 Å². The van der Waals surface area contributed by atoms with E-state index in [9.17, 15) is 9.90 Å². The summed E-state index contributed by atoms with van der Waals surface area (Å²) < 4.78 is 5.41. The molecule has 6 nitrogen and oxygen atoms in total. The molecule has 116 valence electrons. The van der Waals surface area contributed by atoms with Gasteiger partial charge in [-0.1, -0.05) is 0 Å². The molecule has 2 rings (SSSR count). The van der Waals surface area contributed by atoms with E-state index in [0.717, 1.165) is 12.8 Å². The van der Waals surface area contributed by atoms with E-state index in [1.165, 1.54) is 0 Å². The van der Waals surface area contributed by atoms with Crippen LogP contribution in [0.4, 0.5) is 10.5 Å². The number of aliphatic hydroxyl groups is 1. The highest BCUT2D eigenvalue weighted by atomic mass is 16.5. The van der Waals surface area contributed by atoms with Gasteiger partial charge in [-0.3, -0.25) is 0 Å². The number of urea groups is 1. The number of hydrogen-bond acceptors (Lipinski definition) is 4. The van der Waals surface area contributed by atoms with Gasteiger partial charge in [-0.25, -0.2) is 9.78 Å². The zero-order valence-electron chi connectivity index (χ0n) is 12.6. The molecule has 2 atom stereocenters. The van der Waals surface area contributed by atoms with Gasteiger partial charge >= 0.3 is 6.03 Å². The van der Waals surface area contributed by atoms with E-state index in [2.05, 4.69) is 10.3 Å². The van der Waals surface area contributed by atoms with Gasteiger partial charge in [-0.15, -0.1) is 0 Å². The summed E-state index contributed by atoms with van der Waals surface area (Å²) in [7, 11) is 0. The minimum atomic E-state index is -0.402. The van der Waals surface area contributed by atoms with Crippen molar-refractivity contribution in [3.05, 3.63) is 18.3 Å². The molecule has 1 aliphatic rings. The molecular formula is C15H23N3O3. The van der Waals surface area contributed by atoms with Crippen LogP contribution in [0.2, 0.25) is 0 Å². The molecule has 2 N–H and O–H groups in total. The number of hydrogen-bond donors (Lipinski definition) is 2. The summed E-state index contributed by atoms with van der Waals surface area (Å²) in [5.41, 5.74) is 0.576. The van der Waals surface area contributed by atoms with E-state index in [-0.39, 0.29) is 12.1 Å². The van der Waals surface area contributed by atoms with Crippen molar-refractivity contribution in [3.8, 4) is 5.88 Å². The molecule has 0 spiro atoms. The van der Waals surface area contributed by atoms with Gasteiger partial charge in [0.1, 0.15) is 5.69 Å². The maximum absolute atomic E-state index is 12.4. The van der Waals surface area contributed by atoms with Gasteiger partial charge in [0.2, 0.25) is 5.88 Å². The third-order valence-electron chi connectivity index (χ3n) is 3.54. The number of pyridine rings is 1. The number of aliphatic hydroxyl groups excluding tert-OH is 1. The first-order valence-corrected chi connectivity index (χ1v) is 7.45. The fourth-order valence-corrected chi connectivity index (χ4v) is 2.67. The third kappa shape index (κ3) is 4.07. The maximum Gasteiger partial charge on any atom is 0.322 e. The fraction of sp³-hybridized carbons (Fsp3) is 0.600. The van der Waals surface area contributed by atoms with Crippen LogP contribution in [0.25, 0.3) is 0 Å². The SMILES string of the molecule is CCOc1ncccc1NC(=O)N1CCC[C@H]1C[C@@H](C)O. The Labute approximate surface area is 125 Å². The topological polar surface area (TPSA) is 74.7 Å². The van der Waals surface area contributed by atoms with Crippen molar-refractivity contribution in [1.82, 2.24) is 9.88 Å². The summed E-state index contributed by atoms with van der Waals surface area (Å²) in [4.78, 5) is 18.3. The number of rotatable bonds is 5. The van der Waals surface area contributed by atoms with Crippen molar-refractivity contribution in [3.63, 3.8) is 0 Å². The van der Waals surface area contributed by atoms with Crippen LogP contribution in [-0.4, -0.2) is 46.3 Å². The van der Waals surface area contributed by atoms with Crippen LogP contribution < -0.4 is 10.1 Å². The molecule has 2 amide bonds. The Morgan fingerprint density at radius 1 is 1.67 bits per heavy atom. The maximum atomic E-state index is 12.4. The molecule has 1 aromatic rings. The molecule has 2 heterocycles. The van der Waals surface area contributed by atoms with E-state index >= 15 is 0 Å². The van der Waals surface area contributed by atoms with Gasteiger partial charge in [0.15, 0.2) is 0 Å². The molecule has 1 saturated heterocycles. The minimum absolute atomic E-state index is 0.0946. The van der Waals surface area contributed by atoms with Crippen LogP contribution >= 0.6 is 0 Å². The van der Waals surface area contributed by atoms with Gasteiger partial charge in [0.05, 0.1) is 12.7 Å². The van der Waals surface area contributed by atoms with Crippen molar-refractivity contribution in [2.75, 3.05) is 18.5 Å². The largest absolute Gasteiger partial charge is 0.476 e. The lowest BCUT2D eigenvalue weighted by atomic mass is 10.1. The van der Waals surface area contributed by atoms with Gasteiger partial charge in [0.25, 0.3) is 0 Å². The van der Waals surface area contributed by atoms with Gasteiger partial charge in [-0.2, -0.15) is 0 Å². The number of carbonyl (C=O) groups excluding carboxylic acids is 1. The highest BCUT2D eigenvalue weighted by molar-refractivity contribution is 5.90. The Morgan fingerprint density at radius 3 is 3.19 bits per heavy atom. The first-order valence-electron chi connectivity index (χ1n) is 7.45. The summed E-state index contributed by atoms with van der Waals surface area (Å²) in [6.45, 7) is 4.84. The summed E-state index contributed by atoms with van der Waals surface area (Å²) >= 11 is 0. The first-order chi connectivity index (χ1) is 10.1. The van der Waals surface area contributed by atoms with Crippen LogP contribution in [0.3, 0.4) is 0 Å². The predicted molar refractivity (Wildman–Crippen MR) is 80.5 cm³/mol. The second kappa shape index (κ2) is 7.26. The van der Waals surface area contributed by atoms with Crippen LogP contribution in [0.1, 0.15) is 33.1 Å². The highest BCUT2D eigenvalue weighted by Gasteiger charge is 2.29. The van der Waals surface area contributed by atoms with Crippen LogP contribution in [-0.2, 0) is 0 Å². The lowest BCUT2D eigenvalue weighted by Crippen LogP contribution is -2.40. The summed E-state index contributed by atoms with van der Waals surface area (Å²) in [5, 5.41) is 12.4. The van der Waals surface area contributed by atoms with Gasteiger partial charge < -0.3 is 20.1 Å². The Kier molecular flexibility index (Phi) is 5.38. The Hall–Kier alpha value is -1.82. The van der Waals surface area contributed by atoms with E-state index in [1.54, 1.807) is 30.2 Å². The normalized spacial score (nSPS) is 19.4. The molecule has 0 radical (unpaired) electrons. The molecule has 1 fully saturated rings. The average molecular weight is 293 g/mol. The van der Waals surface area contributed by atoms with Crippen molar-refractivity contribution >= 4 is 11.7 Å². The quantitative estimate of drug-likeness (QED) is 0.873. The number of ether oxygens (including phenoxy) is 1. The molecule has 1 aliphatic heterocycles. The van der Waals surface area contributed by atoms with Crippen molar-refractivity contribution in [1.29, 1.82) is 0 Å². The van der Waals surface area contributed by atoms with Crippen molar-refractivity contribution in [2.45, 2.75) is 45.3 Å². The summed E-state index contributed by atoms with van der Waals surface area (Å²) in [6.07, 6.45) is 3.74. The number of nitrogens with zero attached hydrogens (tertiary/aromatic N) is 2. The van der Waals surface area contributed by atoms with Crippen LogP contribution in [0.15, 0.2) is 18.3 Å². The number of likely N-dealkylation sites (tertiary alicyclic amines) is 1. The Morgan fingerprint density at radius 2 is 2.48 bits per heavy atom. The van der Waals surface area contributed by atoms with Crippen molar-refractivity contribution in [2.24, 2.45) is 0 Å². The van der Waals surface area contributed by atoms with E-state index < -0.39 is 6.10 Å². The predicted octanol–water partition coefficient (Wildman–Crippen LogP) is 2.25. The minimum Gasteiger partial charge on any atom is -0.476 e. The second-order valence-electron chi connectivity index (χ2n) is 5.29. The molecule has 6 heteroatoms. The molecule has 1 aromatic heterocycles. The van der Waals surface area contributed by atoms with E-state index in [1.807, 2.05) is 6.92 Å². The monoisotopic (exact) mass is 293 g/mol. The third-order valence-corrected chi connectivity index (χ3v) is 3.54. The lowest BCUT2D eigenvalue weighted by molar-refractivity contribution is 0.142. The van der Waals surface area contributed by atoms with Gasteiger partial charge in [-0.05, 0) is 45.2 Å². The molecule has 0 bridgehead atoms. The standard InChI is InChI=1S/C15H23N3O3/c1-3-21-14-13(7-4-8-16-14)17-15(20)18-9-5-6-12(18)10-11(2)19/h4,7-8,11-12,19H,3,5-6,9-10H2,1-2H3,(H,17,20)/t11-,12+/m1/s1. The average Bonchev–Trinajstić information content (AvgIpc) is 2.88. The number of anilines is 1. The molecule has 0 aliphatic carbocycles. The highest BCUT2D eigenvalue weighted by Crippen LogP contribution is 2.25. The molecule has 21 heavy (non-hydrogen) atoms. The number of nitrogens with one attached hydrogen (secondary N) is 1. The summed E-state index contributed by atoms with van der Waals surface area (Å²) in [5.74, 6) is 0.430. The second-order valence-corrected chi connectivity index (χ2v) is 5.29. The van der Waals surface area contributed by atoms with Crippen molar-refractivity contribution < 1.29 is 14.6 Å². The Balaban J connectivity index is 2.04. The number of amides is 2. The number of aromatic nitrogens is 1. The first kappa shape index (κ1) is 15.6. The van der Waals surface area contributed by atoms with Gasteiger partial charge in [0, 0.05) is 18.8 Å². The van der Waals surface area contributed by atoms with E-state index in [0.29, 0.717) is 31.1 Å². The van der Waals surface area contributed by atoms with Crippen LogP contribution in [0.5, 0.6) is 5.88 Å². The number of carbonyl (C=O) groups is 1. The lowest BCUT2D eigenvalue weighted by Gasteiger charge is -2.26. The Bertz CT molecular complexity index is 479. The fourth-order valence-electron chi connectivity index (χ4n) is 2.67. The molecular weight excluding hydrogens is 270 g/mol.